The number of halogens is 3. The molecule has 8 nitrogen and oxygen atoms in total. The van der Waals surface area contributed by atoms with E-state index in [1.807, 2.05) is 0 Å². The van der Waals surface area contributed by atoms with E-state index in [9.17, 15) is 22.8 Å². The zero-order valence-corrected chi connectivity index (χ0v) is 18.5. The molecule has 0 atom stereocenters. The molecule has 2 amide bonds. The molecule has 1 fully saturated rings. The number of hydrogen-bond donors (Lipinski definition) is 3. The Kier molecular flexibility index (Phi) is 6.97. The van der Waals surface area contributed by atoms with Gasteiger partial charge in [0.05, 0.1) is 17.7 Å². The zero-order valence-electron chi connectivity index (χ0n) is 18.5. The minimum absolute atomic E-state index is 0.0253. The summed E-state index contributed by atoms with van der Waals surface area (Å²) in [5.41, 5.74) is 2.07. The zero-order chi connectivity index (χ0) is 25.0. The van der Waals surface area contributed by atoms with E-state index in [1.165, 1.54) is 23.7 Å². The molecule has 0 aliphatic carbocycles. The van der Waals surface area contributed by atoms with Crippen molar-refractivity contribution in [1.29, 1.82) is 0 Å². The highest BCUT2D eigenvalue weighted by atomic mass is 19.4. The number of alkyl halides is 3. The molecule has 0 unspecified atom stereocenters. The predicted molar refractivity (Wildman–Crippen MR) is 121 cm³/mol. The number of hydrogen-bond acceptors (Lipinski definition) is 6. The van der Waals surface area contributed by atoms with Crippen molar-refractivity contribution in [2.75, 3.05) is 18.4 Å². The second-order valence-electron chi connectivity index (χ2n) is 8.06. The van der Waals surface area contributed by atoms with Crippen LogP contribution in [0.3, 0.4) is 0 Å². The minimum atomic E-state index is -4.54. The van der Waals surface area contributed by atoms with Gasteiger partial charge >= 0.3 is 6.18 Å². The summed E-state index contributed by atoms with van der Waals surface area (Å²) in [7, 11) is 0. The largest absolute Gasteiger partial charge is 0.416 e. The maximum absolute atomic E-state index is 13.2. The van der Waals surface area contributed by atoms with Gasteiger partial charge in [-0.1, -0.05) is 12.1 Å². The fourth-order valence-electron chi connectivity index (χ4n) is 3.77. The standard InChI is InChI=1S/C24H22F3N5O3/c25-24(26,27)17-5-3-4-16(12-17)22-29-19(14-21(33)31-35)13-20(30-22)28-18-8-6-15(7-9-18)23(34)32-10-1-2-11-32/h3-9,12-13,35H,1-2,10-11,14H2,(H,31,33)(H,28,29,30). The van der Waals surface area contributed by atoms with Crippen LogP contribution in [-0.4, -0.2) is 45.0 Å². The van der Waals surface area contributed by atoms with Crippen molar-refractivity contribution >= 4 is 23.3 Å². The third-order valence-corrected chi connectivity index (χ3v) is 5.49. The summed E-state index contributed by atoms with van der Waals surface area (Å²) in [4.78, 5) is 34.5. The molecule has 2 heterocycles. The third kappa shape index (κ3) is 5.93. The number of rotatable bonds is 6. The monoisotopic (exact) mass is 485 g/mol. The molecule has 0 radical (unpaired) electrons. The van der Waals surface area contributed by atoms with Gasteiger partial charge in [-0.3, -0.25) is 14.8 Å². The van der Waals surface area contributed by atoms with Gasteiger partial charge in [-0.2, -0.15) is 13.2 Å². The number of nitrogens with zero attached hydrogens (tertiary/aromatic N) is 3. The van der Waals surface area contributed by atoms with Crippen molar-refractivity contribution < 1.29 is 28.0 Å². The molecule has 35 heavy (non-hydrogen) atoms. The summed E-state index contributed by atoms with van der Waals surface area (Å²) >= 11 is 0. The van der Waals surface area contributed by atoms with Gasteiger partial charge in [0.15, 0.2) is 5.82 Å². The van der Waals surface area contributed by atoms with Crippen molar-refractivity contribution in [2.45, 2.75) is 25.4 Å². The van der Waals surface area contributed by atoms with Gasteiger partial charge < -0.3 is 10.2 Å². The van der Waals surface area contributed by atoms with Crippen LogP contribution in [0.15, 0.2) is 54.6 Å². The molecule has 3 aromatic rings. The normalized spacial score (nSPS) is 13.5. The summed E-state index contributed by atoms with van der Waals surface area (Å²) < 4.78 is 39.5. The van der Waals surface area contributed by atoms with Crippen molar-refractivity contribution in [1.82, 2.24) is 20.3 Å². The maximum Gasteiger partial charge on any atom is 0.416 e. The van der Waals surface area contributed by atoms with Crippen molar-refractivity contribution in [3.8, 4) is 11.4 Å². The van der Waals surface area contributed by atoms with Crippen LogP contribution in [0, 0.1) is 0 Å². The van der Waals surface area contributed by atoms with Gasteiger partial charge in [0.2, 0.25) is 5.91 Å². The fraction of sp³-hybridized carbons (Fsp3) is 0.250. The molecule has 1 saturated heterocycles. The van der Waals surface area contributed by atoms with Crippen LogP contribution in [0.1, 0.15) is 34.5 Å². The Morgan fingerprint density at radius 3 is 2.37 bits per heavy atom. The Balaban J connectivity index is 1.62. The molecule has 4 rings (SSSR count). The molecule has 2 aromatic carbocycles. The van der Waals surface area contributed by atoms with E-state index in [0.717, 1.165) is 38.1 Å². The van der Waals surface area contributed by atoms with Crippen LogP contribution in [0.5, 0.6) is 0 Å². The molecule has 1 aliphatic rings. The molecule has 0 bridgehead atoms. The first-order valence-electron chi connectivity index (χ1n) is 10.9. The smallest absolute Gasteiger partial charge is 0.340 e. The molecule has 1 aromatic heterocycles. The van der Waals surface area contributed by atoms with E-state index in [4.69, 9.17) is 5.21 Å². The first-order valence-corrected chi connectivity index (χ1v) is 10.9. The van der Waals surface area contributed by atoms with E-state index in [-0.39, 0.29) is 35.2 Å². The van der Waals surface area contributed by atoms with E-state index in [2.05, 4.69) is 15.3 Å². The summed E-state index contributed by atoms with van der Waals surface area (Å²) in [6.07, 6.45) is -2.88. The van der Waals surface area contributed by atoms with Gasteiger partial charge in [-0.25, -0.2) is 15.4 Å². The molecule has 3 N–H and O–H groups in total. The Hall–Kier alpha value is -3.99. The predicted octanol–water partition coefficient (Wildman–Crippen LogP) is 4.19. The van der Waals surface area contributed by atoms with E-state index in [1.54, 1.807) is 29.2 Å². The lowest BCUT2D eigenvalue weighted by Gasteiger charge is -2.15. The number of nitrogens with one attached hydrogen (secondary N) is 2. The highest BCUT2D eigenvalue weighted by molar-refractivity contribution is 5.94. The number of benzene rings is 2. The average Bonchev–Trinajstić information content (AvgIpc) is 3.38. The van der Waals surface area contributed by atoms with E-state index >= 15 is 0 Å². The molecule has 1 aliphatic heterocycles. The highest BCUT2D eigenvalue weighted by Crippen LogP contribution is 2.32. The highest BCUT2D eigenvalue weighted by Gasteiger charge is 2.30. The molecular formula is C24H22F3N5O3. The number of likely N-dealkylation sites (tertiary alicyclic amines) is 1. The quantitative estimate of drug-likeness (QED) is 0.357. The molecule has 0 spiro atoms. The topological polar surface area (TPSA) is 107 Å². The second-order valence-corrected chi connectivity index (χ2v) is 8.06. The fourth-order valence-corrected chi connectivity index (χ4v) is 3.77. The number of carbonyl (C=O) groups is 2. The number of anilines is 2. The van der Waals surface area contributed by atoms with Crippen molar-refractivity contribution in [3.05, 3.63) is 71.4 Å². The van der Waals surface area contributed by atoms with Crippen LogP contribution < -0.4 is 10.8 Å². The van der Waals surface area contributed by atoms with Crippen LogP contribution in [0.25, 0.3) is 11.4 Å². The lowest BCUT2D eigenvalue weighted by molar-refractivity contribution is -0.137. The molecule has 0 saturated carbocycles. The Bertz CT molecular complexity index is 1230. The first kappa shape index (κ1) is 24.1. The lowest BCUT2D eigenvalue weighted by Crippen LogP contribution is -2.27. The number of hydroxylamine groups is 1. The van der Waals surface area contributed by atoms with Crippen LogP contribution >= 0.6 is 0 Å². The number of amides is 2. The maximum atomic E-state index is 13.2. The second kappa shape index (κ2) is 10.1. The molecule has 182 valence electrons. The van der Waals surface area contributed by atoms with Crippen molar-refractivity contribution in [3.63, 3.8) is 0 Å². The number of aromatic nitrogens is 2. The van der Waals surface area contributed by atoms with Crippen LogP contribution in [-0.2, 0) is 17.4 Å². The first-order chi connectivity index (χ1) is 16.7. The molecular weight excluding hydrogens is 463 g/mol. The van der Waals surface area contributed by atoms with E-state index < -0.39 is 17.6 Å². The lowest BCUT2D eigenvalue weighted by atomic mass is 10.1. The van der Waals surface area contributed by atoms with Crippen LogP contribution in [0.2, 0.25) is 0 Å². The Labute approximate surface area is 198 Å². The Morgan fingerprint density at radius 1 is 1.00 bits per heavy atom. The summed E-state index contributed by atoms with van der Waals surface area (Å²) in [6.45, 7) is 1.48. The summed E-state index contributed by atoms with van der Waals surface area (Å²) in [5.74, 6) is -0.580. The average molecular weight is 485 g/mol. The third-order valence-electron chi connectivity index (χ3n) is 5.49. The van der Waals surface area contributed by atoms with Crippen LogP contribution in [0.4, 0.5) is 24.7 Å². The summed E-state index contributed by atoms with van der Waals surface area (Å²) in [6, 6.07) is 12.7. The SMILES string of the molecule is O=C(Cc1cc(Nc2ccc(C(=O)N3CCCC3)cc2)nc(-c2cccc(C(F)(F)F)c2)n1)NO. The van der Waals surface area contributed by atoms with E-state index in [0.29, 0.717) is 11.3 Å². The molecule has 11 heteroatoms. The Morgan fingerprint density at radius 2 is 1.71 bits per heavy atom. The van der Waals surface area contributed by atoms with Gasteiger partial charge in [-0.15, -0.1) is 0 Å². The van der Waals surface area contributed by atoms with Gasteiger partial charge in [0, 0.05) is 36.0 Å². The van der Waals surface area contributed by atoms with Crippen molar-refractivity contribution in [2.24, 2.45) is 0 Å². The minimum Gasteiger partial charge on any atom is -0.340 e. The van der Waals surface area contributed by atoms with Gasteiger partial charge in [0.1, 0.15) is 5.82 Å². The summed E-state index contributed by atoms with van der Waals surface area (Å²) in [5, 5.41) is 11.9. The van der Waals surface area contributed by atoms with Gasteiger partial charge in [-0.05, 0) is 49.2 Å². The van der Waals surface area contributed by atoms with Gasteiger partial charge in [0.25, 0.3) is 5.91 Å². The number of carbonyl (C=O) groups excluding carboxylic acids is 2.